The Balaban J connectivity index is 1.81. The molecule has 0 radical (unpaired) electrons. The lowest BCUT2D eigenvalue weighted by molar-refractivity contribution is 0.521. The second-order valence-electron chi connectivity index (χ2n) is 5.63. The van der Waals surface area contributed by atoms with Crippen molar-refractivity contribution in [3.8, 4) is 0 Å². The molecule has 6 nitrogen and oxygen atoms in total. The molecule has 0 spiro atoms. The van der Waals surface area contributed by atoms with Gasteiger partial charge in [0.2, 0.25) is 5.95 Å². The van der Waals surface area contributed by atoms with E-state index < -0.39 is 0 Å². The Morgan fingerprint density at radius 3 is 2.80 bits per heavy atom. The Kier molecular flexibility index (Phi) is 3.46. The Bertz CT molecular complexity index is 586. The summed E-state index contributed by atoms with van der Waals surface area (Å²) in [6.07, 6.45) is 6.56. The number of nitrogens with zero attached hydrogens (tertiary/aromatic N) is 3. The van der Waals surface area contributed by atoms with Gasteiger partial charge in [-0.3, -0.25) is 0 Å². The van der Waals surface area contributed by atoms with Crippen molar-refractivity contribution in [2.24, 2.45) is 5.41 Å². The smallest absolute Gasteiger partial charge is 0.226 e. The fourth-order valence-electron chi connectivity index (χ4n) is 2.38. The van der Waals surface area contributed by atoms with Crippen LogP contribution in [0.25, 0.3) is 11.2 Å². The van der Waals surface area contributed by atoms with E-state index in [9.17, 15) is 0 Å². The number of aromatic nitrogens is 4. The molecule has 20 heavy (non-hydrogen) atoms. The van der Waals surface area contributed by atoms with Crippen LogP contribution in [0, 0.1) is 5.41 Å². The molecular formula is C14H22N6. The monoisotopic (exact) mass is 274 g/mol. The molecule has 1 fully saturated rings. The van der Waals surface area contributed by atoms with E-state index in [4.69, 9.17) is 0 Å². The Hall–Kier alpha value is -1.85. The maximum absolute atomic E-state index is 4.57. The molecule has 2 heterocycles. The molecule has 1 saturated carbocycles. The van der Waals surface area contributed by atoms with Crippen molar-refractivity contribution in [3.63, 3.8) is 0 Å². The van der Waals surface area contributed by atoms with E-state index in [-0.39, 0.29) is 0 Å². The van der Waals surface area contributed by atoms with Crippen molar-refractivity contribution in [2.75, 3.05) is 23.7 Å². The van der Waals surface area contributed by atoms with Gasteiger partial charge in [-0.2, -0.15) is 9.97 Å². The highest BCUT2D eigenvalue weighted by Gasteiger charge is 2.40. The summed E-state index contributed by atoms with van der Waals surface area (Å²) in [7, 11) is 0. The number of rotatable bonds is 7. The number of hydrogen-bond acceptors (Lipinski definition) is 5. The molecule has 108 valence electrons. The van der Waals surface area contributed by atoms with Gasteiger partial charge in [-0.25, -0.2) is 4.98 Å². The van der Waals surface area contributed by atoms with E-state index in [1.54, 1.807) is 6.33 Å². The van der Waals surface area contributed by atoms with Crippen LogP contribution in [-0.4, -0.2) is 33.0 Å². The van der Waals surface area contributed by atoms with E-state index in [2.05, 4.69) is 44.4 Å². The van der Waals surface area contributed by atoms with Gasteiger partial charge in [0.1, 0.15) is 5.52 Å². The predicted octanol–water partition coefficient (Wildman–Crippen LogP) is 2.78. The number of nitrogens with one attached hydrogen (secondary N) is 3. The van der Waals surface area contributed by atoms with Crippen molar-refractivity contribution < 1.29 is 0 Å². The average Bonchev–Trinajstić information content (AvgIpc) is 3.11. The molecule has 0 unspecified atom stereocenters. The number of imidazole rings is 1. The second kappa shape index (κ2) is 5.26. The van der Waals surface area contributed by atoms with Gasteiger partial charge in [-0.15, -0.1) is 0 Å². The highest BCUT2D eigenvalue weighted by molar-refractivity contribution is 5.83. The summed E-state index contributed by atoms with van der Waals surface area (Å²) in [6, 6.07) is 0. The first-order valence-corrected chi connectivity index (χ1v) is 7.45. The van der Waals surface area contributed by atoms with E-state index in [1.807, 2.05) is 0 Å². The Labute approximate surface area is 118 Å². The van der Waals surface area contributed by atoms with Crippen LogP contribution in [-0.2, 0) is 0 Å². The highest BCUT2D eigenvalue weighted by Crippen LogP contribution is 2.48. The summed E-state index contributed by atoms with van der Waals surface area (Å²) in [5, 5.41) is 6.71. The molecule has 0 amide bonds. The molecule has 1 aliphatic carbocycles. The topological polar surface area (TPSA) is 78.5 Å². The van der Waals surface area contributed by atoms with Crippen molar-refractivity contribution in [1.82, 2.24) is 19.9 Å². The van der Waals surface area contributed by atoms with Crippen LogP contribution in [0.3, 0.4) is 0 Å². The third-order valence-electron chi connectivity index (χ3n) is 4.16. The SMILES string of the molecule is CCCNc1nc(NCC2(CC)CC2)c2[nH]cnc2n1. The van der Waals surface area contributed by atoms with Gasteiger partial charge in [-0.05, 0) is 31.1 Å². The van der Waals surface area contributed by atoms with Crippen LogP contribution in [0.5, 0.6) is 0 Å². The van der Waals surface area contributed by atoms with Crippen molar-refractivity contribution in [1.29, 1.82) is 0 Å². The Morgan fingerprint density at radius 2 is 2.10 bits per heavy atom. The number of hydrogen-bond donors (Lipinski definition) is 3. The minimum Gasteiger partial charge on any atom is -0.368 e. The fourth-order valence-corrected chi connectivity index (χ4v) is 2.38. The molecule has 0 saturated heterocycles. The van der Waals surface area contributed by atoms with Crippen LogP contribution in [0.1, 0.15) is 39.5 Å². The van der Waals surface area contributed by atoms with Crippen LogP contribution < -0.4 is 10.6 Å². The summed E-state index contributed by atoms with van der Waals surface area (Å²) in [5.74, 6) is 1.50. The van der Waals surface area contributed by atoms with Crippen molar-refractivity contribution >= 4 is 22.9 Å². The van der Waals surface area contributed by atoms with Gasteiger partial charge < -0.3 is 15.6 Å². The van der Waals surface area contributed by atoms with E-state index in [0.717, 1.165) is 30.8 Å². The lowest BCUT2D eigenvalue weighted by atomic mass is 10.0. The standard InChI is InChI=1S/C14H22N6/c1-3-7-15-13-19-11(10-12(20-13)18-9-17-10)16-8-14(4-2)5-6-14/h9H,3-8H2,1-2H3,(H3,15,16,17,18,19,20). The molecule has 2 aromatic heterocycles. The molecule has 0 bridgehead atoms. The van der Waals surface area contributed by atoms with E-state index in [0.29, 0.717) is 17.0 Å². The van der Waals surface area contributed by atoms with Crippen LogP contribution in [0.15, 0.2) is 6.33 Å². The van der Waals surface area contributed by atoms with Gasteiger partial charge in [0, 0.05) is 13.1 Å². The number of fused-ring (bicyclic) bond motifs is 1. The molecule has 3 rings (SSSR count). The normalized spacial score (nSPS) is 16.3. The number of anilines is 2. The van der Waals surface area contributed by atoms with Crippen molar-refractivity contribution in [2.45, 2.75) is 39.5 Å². The van der Waals surface area contributed by atoms with Gasteiger partial charge >= 0.3 is 0 Å². The molecular weight excluding hydrogens is 252 g/mol. The van der Waals surface area contributed by atoms with Crippen molar-refractivity contribution in [3.05, 3.63) is 6.33 Å². The minimum absolute atomic E-state index is 0.480. The summed E-state index contributed by atoms with van der Waals surface area (Å²) in [5.41, 5.74) is 2.08. The third kappa shape index (κ3) is 2.55. The second-order valence-corrected chi connectivity index (χ2v) is 5.63. The minimum atomic E-state index is 0.480. The maximum Gasteiger partial charge on any atom is 0.226 e. The molecule has 0 aliphatic heterocycles. The highest BCUT2D eigenvalue weighted by atomic mass is 15.2. The van der Waals surface area contributed by atoms with Crippen LogP contribution >= 0.6 is 0 Å². The predicted molar refractivity (Wildman–Crippen MR) is 80.9 cm³/mol. The summed E-state index contributed by atoms with van der Waals surface area (Å²) < 4.78 is 0. The zero-order chi connectivity index (χ0) is 14.0. The van der Waals surface area contributed by atoms with Gasteiger partial charge in [0.15, 0.2) is 11.5 Å². The average molecular weight is 274 g/mol. The third-order valence-corrected chi connectivity index (χ3v) is 4.16. The zero-order valence-corrected chi connectivity index (χ0v) is 12.2. The lowest BCUT2D eigenvalue weighted by Gasteiger charge is -2.14. The largest absolute Gasteiger partial charge is 0.368 e. The maximum atomic E-state index is 4.57. The summed E-state index contributed by atoms with van der Waals surface area (Å²) in [6.45, 7) is 6.22. The van der Waals surface area contributed by atoms with Gasteiger partial charge in [0.25, 0.3) is 0 Å². The zero-order valence-electron chi connectivity index (χ0n) is 12.2. The lowest BCUT2D eigenvalue weighted by Crippen LogP contribution is -2.16. The molecule has 1 aliphatic rings. The van der Waals surface area contributed by atoms with Gasteiger partial charge in [0.05, 0.1) is 6.33 Å². The first kappa shape index (κ1) is 13.1. The number of aromatic amines is 1. The summed E-state index contributed by atoms with van der Waals surface area (Å²) >= 11 is 0. The first-order chi connectivity index (χ1) is 9.76. The van der Waals surface area contributed by atoms with Gasteiger partial charge in [-0.1, -0.05) is 13.8 Å². The Morgan fingerprint density at radius 1 is 1.25 bits per heavy atom. The van der Waals surface area contributed by atoms with Crippen LogP contribution in [0.2, 0.25) is 0 Å². The van der Waals surface area contributed by atoms with E-state index >= 15 is 0 Å². The molecule has 6 heteroatoms. The summed E-state index contributed by atoms with van der Waals surface area (Å²) in [4.78, 5) is 16.3. The molecule has 0 atom stereocenters. The number of H-pyrrole nitrogens is 1. The molecule has 2 aromatic rings. The molecule has 3 N–H and O–H groups in total. The van der Waals surface area contributed by atoms with Crippen LogP contribution in [0.4, 0.5) is 11.8 Å². The quantitative estimate of drug-likeness (QED) is 0.723. The first-order valence-electron chi connectivity index (χ1n) is 7.45. The molecule has 0 aromatic carbocycles. The van der Waals surface area contributed by atoms with E-state index in [1.165, 1.54) is 19.3 Å². The fraction of sp³-hybridized carbons (Fsp3) is 0.643.